The summed E-state index contributed by atoms with van der Waals surface area (Å²) in [7, 11) is 2.19. The molecule has 0 N–H and O–H groups in total. The van der Waals surface area contributed by atoms with Crippen LogP contribution >= 0.6 is 0 Å². The van der Waals surface area contributed by atoms with E-state index in [2.05, 4.69) is 260 Å². The van der Waals surface area contributed by atoms with Crippen molar-refractivity contribution in [2.45, 2.75) is 12.5 Å². The van der Waals surface area contributed by atoms with Gasteiger partial charge in [-0.15, -0.1) is 0 Å². The summed E-state index contributed by atoms with van der Waals surface area (Å²) in [6.07, 6.45) is 5.38. The van der Waals surface area contributed by atoms with Gasteiger partial charge in [-0.05, 0) is 93.0 Å². The Bertz CT molecular complexity index is 3170. The van der Waals surface area contributed by atoms with Gasteiger partial charge in [-0.25, -0.2) is 0 Å². The zero-order valence-electron chi connectivity index (χ0n) is 35.7. The minimum atomic E-state index is 0.0136. The Labute approximate surface area is 376 Å². The van der Waals surface area contributed by atoms with E-state index in [1.165, 1.54) is 55.6 Å². The summed E-state index contributed by atoms with van der Waals surface area (Å²) in [5.41, 5.74) is 19.8. The molecule has 0 fully saturated rings. The van der Waals surface area contributed by atoms with E-state index in [1.54, 1.807) is 0 Å². The molecular formula is C61H46N2O. The second-order valence-electron chi connectivity index (χ2n) is 16.4. The fourth-order valence-corrected chi connectivity index (χ4v) is 9.48. The molecule has 0 bridgehead atoms. The number of ether oxygens (including phenoxy) is 1. The third kappa shape index (κ3) is 7.27. The molecule has 0 radical (unpaired) electrons. The summed E-state index contributed by atoms with van der Waals surface area (Å²) >= 11 is 0. The molecule has 1 unspecified atom stereocenters. The van der Waals surface area contributed by atoms with Gasteiger partial charge in [-0.3, -0.25) is 0 Å². The van der Waals surface area contributed by atoms with Gasteiger partial charge in [0.25, 0.3) is 0 Å². The van der Waals surface area contributed by atoms with Gasteiger partial charge in [0.15, 0.2) is 0 Å². The average Bonchev–Trinajstić information content (AvgIpc) is 3.77. The second-order valence-corrected chi connectivity index (χ2v) is 16.4. The van der Waals surface area contributed by atoms with Crippen LogP contribution in [0.1, 0.15) is 12.0 Å². The highest BCUT2D eigenvalue weighted by Crippen LogP contribution is 2.47. The predicted octanol–water partition coefficient (Wildman–Crippen LogP) is 16.1. The Kier molecular flexibility index (Phi) is 10.3. The number of rotatable bonds is 10. The molecule has 1 heterocycles. The van der Waals surface area contributed by atoms with Crippen molar-refractivity contribution in [2.75, 3.05) is 16.8 Å². The summed E-state index contributed by atoms with van der Waals surface area (Å²) in [5, 5.41) is 0. The third-order valence-corrected chi connectivity index (χ3v) is 12.6. The first-order valence-corrected chi connectivity index (χ1v) is 22.1. The first-order valence-electron chi connectivity index (χ1n) is 22.1. The molecule has 306 valence electrons. The molecular weight excluding hydrogens is 777 g/mol. The van der Waals surface area contributed by atoms with Crippen LogP contribution in [0.4, 0.5) is 22.7 Å². The quantitative estimate of drug-likeness (QED) is 0.137. The topological polar surface area (TPSA) is 15.7 Å². The van der Waals surface area contributed by atoms with Crippen LogP contribution in [0.2, 0.25) is 0 Å². The van der Waals surface area contributed by atoms with Crippen molar-refractivity contribution >= 4 is 28.3 Å². The van der Waals surface area contributed by atoms with Crippen molar-refractivity contribution in [1.82, 2.24) is 0 Å². The number of para-hydroxylation sites is 3. The number of anilines is 4. The second kappa shape index (κ2) is 17.0. The highest BCUT2D eigenvalue weighted by molar-refractivity contribution is 5.95. The van der Waals surface area contributed by atoms with Crippen molar-refractivity contribution in [3.63, 3.8) is 0 Å². The molecule has 9 aromatic rings. The van der Waals surface area contributed by atoms with Gasteiger partial charge in [0.1, 0.15) is 11.9 Å². The molecule has 3 nitrogen and oxygen atoms in total. The number of fused-ring (bicyclic) bond motifs is 3. The minimum Gasteiger partial charge on any atom is -0.485 e. The molecule has 11 rings (SSSR count). The molecule has 0 amide bonds. The van der Waals surface area contributed by atoms with Crippen LogP contribution in [0.25, 0.3) is 61.2 Å². The Morgan fingerprint density at radius 2 is 0.906 bits per heavy atom. The lowest BCUT2D eigenvalue weighted by Crippen LogP contribution is -2.24. The molecule has 1 aliphatic heterocycles. The van der Waals surface area contributed by atoms with Crippen molar-refractivity contribution in [2.24, 2.45) is 0 Å². The number of benzene rings is 9. The SMILES string of the molecule is CN(C1=C2c3ccccc3OC2CC=C1)c1ccccc1-c1ccccc1-c1cccc(N(c2ccc(-c3ccc(-c4ccccc4)cc3)cc2)c2ccccc2-c2ccccc2)c1. The van der Waals surface area contributed by atoms with Gasteiger partial charge in [0.2, 0.25) is 0 Å². The maximum atomic E-state index is 6.45. The molecule has 64 heavy (non-hydrogen) atoms. The van der Waals surface area contributed by atoms with Crippen molar-refractivity contribution < 1.29 is 4.74 Å². The highest BCUT2D eigenvalue weighted by Gasteiger charge is 2.33. The maximum Gasteiger partial charge on any atom is 0.130 e. The lowest BCUT2D eigenvalue weighted by Gasteiger charge is -2.29. The van der Waals surface area contributed by atoms with Crippen molar-refractivity contribution in [3.8, 4) is 61.4 Å². The predicted molar refractivity (Wildman–Crippen MR) is 268 cm³/mol. The Balaban J connectivity index is 0.995. The van der Waals surface area contributed by atoms with Gasteiger partial charge in [0.05, 0.1) is 5.69 Å². The first kappa shape index (κ1) is 38.8. The number of allylic oxidation sites excluding steroid dienone is 1. The standard InChI is InChI=1S/C61H46N2O/c1-62(58-31-17-33-60-61(58)55-28-12-15-32-59(55)64-60)56-29-13-11-27-54(56)53-26-9-8-24-51(53)48-22-16-23-50(42-48)63(57-30-14-10-25-52(57)47-20-6-3-7-21-47)49-40-38-46(39-41-49)45-36-34-44(35-37-45)43-18-4-2-5-19-43/h2-32,34-42,60H,33H2,1H3. The summed E-state index contributed by atoms with van der Waals surface area (Å²) in [6.45, 7) is 0. The number of nitrogens with zero attached hydrogens (tertiary/aromatic N) is 2. The number of hydrogen-bond acceptors (Lipinski definition) is 3. The molecule has 1 atom stereocenters. The van der Waals surface area contributed by atoms with E-state index >= 15 is 0 Å². The van der Waals surface area contributed by atoms with E-state index < -0.39 is 0 Å². The lowest BCUT2D eigenvalue weighted by molar-refractivity contribution is 0.278. The number of likely N-dealkylation sites (N-methyl/N-ethyl adjacent to an activating group) is 1. The van der Waals surface area contributed by atoms with Crippen LogP contribution in [-0.4, -0.2) is 13.2 Å². The van der Waals surface area contributed by atoms with Crippen LogP contribution in [0.3, 0.4) is 0 Å². The molecule has 2 aliphatic rings. The smallest absolute Gasteiger partial charge is 0.130 e. The van der Waals surface area contributed by atoms with Crippen LogP contribution in [0.5, 0.6) is 5.75 Å². The Hall–Kier alpha value is -8.14. The fourth-order valence-electron chi connectivity index (χ4n) is 9.48. The van der Waals surface area contributed by atoms with E-state index in [-0.39, 0.29) is 6.10 Å². The van der Waals surface area contributed by atoms with Crippen LogP contribution < -0.4 is 14.5 Å². The molecule has 0 saturated heterocycles. The molecule has 0 spiro atoms. The van der Waals surface area contributed by atoms with Gasteiger partial charge in [-0.2, -0.15) is 0 Å². The van der Waals surface area contributed by atoms with E-state index in [4.69, 9.17) is 4.74 Å². The van der Waals surface area contributed by atoms with Crippen LogP contribution in [0.15, 0.2) is 248 Å². The minimum absolute atomic E-state index is 0.0136. The number of hydrogen-bond donors (Lipinski definition) is 0. The Morgan fingerprint density at radius 3 is 1.61 bits per heavy atom. The van der Waals surface area contributed by atoms with E-state index in [1.807, 2.05) is 0 Å². The van der Waals surface area contributed by atoms with Crippen molar-refractivity contribution in [1.29, 1.82) is 0 Å². The zero-order valence-corrected chi connectivity index (χ0v) is 35.7. The highest BCUT2D eigenvalue weighted by atomic mass is 16.5. The van der Waals surface area contributed by atoms with E-state index in [9.17, 15) is 0 Å². The maximum absolute atomic E-state index is 6.45. The van der Waals surface area contributed by atoms with Gasteiger partial charge >= 0.3 is 0 Å². The Morgan fingerprint density at radius 1 is 0.391 bits per heavy atom. The van der Waals surface area contributed by atoms with E-state index in [0.717, 1.165) is 51.7 Å². The summed E-state index contributed by atoms with van der Waals surface area (Å²) < 4.78 is 6.45. The summed E-state index contributed by atoms with van der Waals surface area (Å²) in [5.74, 6) is 0.959. The monoisotopic (exact) mass is 822 g/mol. The summed E-state index contributed by atoms with van der Waals surface area (Å²) in [4.78, 5) is 4.75. The molecule has 0 saturated carbocycles. The summed E-state index contributed by atoms with van der Waals surface area (Å²) in [6, 6.07) is 82.8. The normalized spacial score (nSPS) is 13.8. The lowest BCUT2D eigenvalue weighted by atomic mass is 9.91. The molecule has 3 heteroatoms. The average molecular weight is 823 g/mol. The third-order valence-electron chi connectivity index (χ3n) is 12.6. The van der Waals surface area contributed by atoms with Gasteiger partial charge in [-0.1, -0.05) is 194 Å². The van der Waals surface area contributed by atoms with Gasteiger partial charge in [0, 0.05) is 58.5 Å². The van der Waals surface area contributed by atoms with Crippen LogP contribution in [0, 0.1) is 0 Å². The largest absolute Gasteiger partial charge is 0.485 e. The first-order chi connectivity index (χ1) is 31.7. The zero-order chi connectivity index (χ0) is 42.8. The molecule has 0 aromatic heterocycles. The van der Waals surface area contributed by atoms with Crippen LogP contribution in [-0.2, 0) is 0 Å². The molecule has 9 aromatic carbocycles. The fraction of sp³-hybridized carbons (Fsp3) is 0.0492. The molecule has 1 aliphatic carbocycles. The van der Waals surface area contributed by atoms with E-state index in [0.29, 0.717) is 0 Å². The van der Waals surface area contributed by atoms with Crippen molar-refractivity contribution in [3.05, 3.63) is 254 Å². The van der Waals surface area contributed by atoms with Gasteiger partial charge < -0.3 is 14.5 Å².